The number of ketones is 1. The molecule has 0 unspecified atom stereocenters. The summed E-state index contributed by atoms with van der Waals surface area (Å²) < 4.78 is 34.2. The van der Waals surface area contributed by atoms with Crippen molar-refractivity contribution in [3.05, 3.63) is 41.5 Å². The number of rotatable bonds is 4. The van der Waals surface area contributed by atoms with E-state index in [9.17, 15) is 14.4 Å². The van der Waals surface area contributed by atoms with Gasteiger partial charge in [-0.05, 0) is 65.7 Å². The molecule has 1 amide bonds. The molecule has 1 saturated heterocycles. The molecule has 1 fully saturated rings. The summed E-state index contributed by atoms with van der Waals surface area (Å²) in [6.07, 6.45) is 4.54. The normalized spacial score (nSPS) is 25.7. The molecule has 40 heavy (non-hydrogen) atoms. The van der Waals surface area contributed by atoms with Crippen LogP contribution in [-0.2, 0) is 28.5 Å². The number of ether oxygens (including phenoxy) is 6. The quantitative estimate of drug-likeness (QED) is 0.359. The maximum Gasteiger partial charge on any atom is 0.414 e. The number of anilines is 1. The van der Waals surface area contributed by atoms with Crippen LogP contribution in [0.15, 0.2) is 30.4 Å². The number of amides is 1. The number of carbonyl (C=O) groups is 3. The van der Waals surface area contributed by atoms with Gasteiger partial charge in [-0.15, -0.1) is 0 Å². The fourth-order valence-electron chi connectivity index (χ4n) is 4.25. The summed E-state index contributed by atoms with van der Waals surface area (Å²) in [5, 5.41) is 0. The van der Waals surface area contributed by atoms with Crippen LogP contribution in [0.4, 0.5) is 10.5 Å². The fraction of sp³-hybridized carbons (Fsp3) is 0.567. The summed E-state index contributed by atoms with van der Waals surface area (Å²) in [4.78, 5) is 40.7. The van der Waals surface area contributed by atoms with Crippen molar-refractivity contribution in [3.8, 4) is 5.75 Å². The van der Waals surface area contributed by atoms with Crippen molar-refractivity contribution in [2.24, 2.45) is 5.92 Å². The highest BCUT2D eigenvalue weighted by Gasteiger charge is 2.43. The molecule has 0 aliphatic carbocycles. The third-order valence-electron chi connectivity index (χ3n) is 6.44. The Morgan fingerprint density at radius 3 is 2.48 bits per heavy atom. The van der Waals surface area contributed by atoms with E-state index in [1.54, 1.807) is 79.0 Å². The van der Waals surface area contributed by atoms with Crippen molar-refractivity contribution in [1.29, 1.82) is 0 Å². The number of nitrogens with zero attached hydrogens (tertiary/aromatic N) is 1. The minimum atomic E-state index is -0.930. The first-order chi connectivity index (χ1) is 18.6. The minimum absolute atomic E-state index is 0.135. The topological polar surface area (TPSA) is 110 Å². The molecule has 0 radical (unpaired) electrons. The zero-order chi connectivity index (χ0) is 29.8. The van der Waals surface area contributed by atoms with Crippen molar-refractivity contribution in [1.82, 2.24) is 0 Å². The van der Waals surface area contributed by atoms with Crippen molar-refractivity contribution in [2.75, 3.05) is 25.9 Å². The van der Waals surface area contributed by atoms with E-state index < -0.39 is 41.8 Å². The van der Waals surface area contributed by atoms with Crippen molar-refractivity contribution >= 4 is 29.6 Å². The van der Waals surface area contributed by atoms with Crippen LogP contribution in [0, 0.1) is 5.92 Å². The van der Waals surface area contributed by atoms with E-state index in [1.807, 2.05) is 6.92 Å². The summed E-state index contributed by atoms with van der Waals surface area (Å²) in [5.41, 5.74) is 0.338. The van der Waals surface area contributed by atoms with Gasteiger partial charge in [-0.2, -0.15) is 0 Å². The largest absolute Gasteiger partial charge is 0.467 e. The molecule has 0 spiro atoms. The van der Waals surface area contributed by atoms with Crippen LogP contribution in [0.1, 0.15) is 70.8 Å². The Morgan fingerprint density at radius 2 is 1.82 bits per heavy atom. The van der Waals surface area contributed by atoms with Gasteiger partial charge in [0.05, 0.1) is 11.8 Å². The van der Waals surface area contributed by atoms with Crippen molar-refractivity contribution in [2.45, 2.75) is 84.6 Å². The molecule has 2 heterocycles. The first-order valence-electron chi connectivity index (χ1n) is 13.3. The highest BCUT2D eigenvalue weighted by Crippen LogP contribution is 2.35. The van der Waals surface area contributed by atoms with Crippen LogP contribution in [0.25, 0.3) is 6.08 Å². The number of esters is 1. The average Bonchev–Trinajstić information content (AvgIpc) is 3.17. The number of methoxy groups -OCH3 is 1. The van der Waals surface area contributed by atoms with Gasteiger partial charge in [0.15, 0.2) is 18.4 Å². The lowest BCUT2D eigenvalue weighted by molar-refractivity contribution is -0.152. The van der Waals surface area contributed by atoms with Crippen LogP contribution < -0.4 is 9.64 Å². The molecule has 1 aromatic rings. The van der Waals surface area contributed by atoms with E-state index in [4.69, 9.17) is 28.4 Å². The first-order valence-corrected chi connectivity index (χ1v) is 13.3. The molecular weight excluding hydrogens is 518 g/mol. The summed E-state index contributed by atoms with van der Waals surface area (Å²) in [7, 11) is 3.03. The van der Waals surface area contributed by atoms with Crippen molar-refractivity contribution < 1.29 is 42.8 Å². The molecule has 4 atom stereocenters. The Morgan fingerprint density at radius 1 is 1.12 bits per heavy atom. The fourth-order valence-corrected chi connectivity index (χ4v) is 4.25. The van der Waals surface area contributed by atoms with Crippen LogP contribution in [0.5, 0.6) is 5.75 Å². The minimum Gasteiger partial charge on any atom is -0.467 e. The van der Waals surface area contributed by atoms with Gasteiger partial charge in [-0.25, -0.2) is 9.59 Å². The Balaban J connectivity index is 2.12. The zero-order valence-electron chi connectivity index (χ0n) is 24.8. The molecule has 0 aromatic heterocycles. The van der Waals surface area contributed by atoms with E-state index in [1.165, 1.54) is 18.1 Å². The van der Waals surface area contributed by atoms with Crippen molar-refractivity contribution in [3.63, 3.8) is 0 Å². The lowest BCUT2D eigenvalue weighted by atomic mass is 9.99. The van der Waals surface area contributed by atoms with Gasteiger partial charge < -0.3 is 28.4 Å². The molecule has 10 nitrogen and oxygen atoms in total. The van der Waals surface area contributed by atoms with Gasteiger partial charge in [0, 0.05) is 26.1 Å². The molecule has 0 saturated carbocycles. The number of hydrogen-bond donors (Lipinski definition) is 0. The van der Waals surface area contributed by atoms with E-state index in [0.717, 1.165) is 0 Å². The van der Waals surface area contributed by atoms with Gasteiger partial charge in [0.1, 0.15) is 29.1 Å². The molecule has 0 N–H and O–H groups in total. The second kappa shape index (κ2) is 12.5. The summed E-state index contributed by atoms with van der Waals surface area (Å²) >= 11 is 0. The third kappa shape index (κ3) is 7.93. The van der Waals surface area contributed by atoms with E-state index in [0.29, 0.717) is 17.7 Å². The molecule has 3 rings (SSSR count). The molecule has 2 aliphatic heterocycles. The lowest BCUT2D eigenvalue weighted by Gasteiger charge is -2.26. The van der Waals surface area contributed by atoms with Gasteiger partial charge in [0.25, 0.3) is 0 Å². The predicted octanol–water partition coefficient (Wildman–Crippen LogP) is 5.28. The van der Waals surface area contributed by atoms with Crippen LogP contribution in [0.3, 0.4) is 0 Å². The number of benzene rings is 1. The smallest absolute Gasteiger partial charge is 0.414 e. The standard InChI is InChI=1S/C30H41NO9/c1-18-13-14-22(32)26-23(38-30(6,7)39-26)12-10-11-20-15-21(31(8)28(34)40-29(3,4)5)16-24(36-17-35-9)25(20)27(33)37-19(18)2/h10-11,13-16,18-19,23,26H,12,17H2,1-9H3/b11-10?,14-13-/t18-,19+,23+,26-/m1/s1. The second-order valence-electron chi connectivity index (χ2n) is 11.5. The van der Waals surface area contributed by atoms with Crippen LogP contribution >= 0.6 is 0 Å². The highest BCUT2D eigenvalue weighted by atomic mass is 16.8. The zero-order valence-corrected chi connectivity index (χ0v) is 24.8. The SMILES string of the molecule is COCOc1cc(N(C)C(=O)OC(C)(C)C)cc2c1C(=O)O[C@@H](C)[C@H](C)/C=C\C(=O)[C@H]1OC(C)(C)O[C@H]1CC=C2. The molecule has 2 aliphatic rings. The summed E-state index contributed by atoms with van der Waals surface area (Å²) in [6.45, 7) is 12.3. The summed E-state index contributed by atoms with van der Waals surface area (Å²) in [6, 6.07) is 3.24. The monoisotopic (exact) mass is 559 g/mol. The summed E-state index contributed by atoms with van der Waals surface area (Å²) in [5.74, 6) is -1.86. The third-order valence-corrected chi connectivity index (χ3v) is 6.44. The van der Waals surface area contributed by atoms with Gasteiger partial charge in [-0.3, -0.25) is 9.69 Å². The van der Waals surface area contributed by atoms with Gasteiger partial charge >= 0.3 is 12.1 Å². The lowest BCUT2D eigenvalue weighted by Crippen LogP contribution is -2.34. The van der Waals surface area contributed by atoms with Gasteiger partial charge in [-0.1, -0.05) is 25.2 Å². The maximum atomic E-state index is 13.5. The molecular formula is C30H41NO9. The maximum absolute atomic E-state index is 13.5. The van der Waals surface area contributed by atoms with E-state index in [2.05, 4.69) is 0 Å². The number of carbonyl (C=O) groups excluding carboxylic acids is 3. The van der Waals surface area contributed by atoms with Crippen LogP contribution in [-0.4, -0.2) is 68.5 Å². The Kier molecular flexibility index (Phi) is 9.81. The second-order valence-corrected chi connectivity index (χ2v) is 11.5. The Labute approximate surface area is 236 Å². The number of hydrogen-bond acceptors (Lipinski definition) is 9. The Bertz CT molecular complexity index is 1160. The van der Waals surface area contributed by atoms with Crippen LogP contribution in [0.2, 0.25) is 0 Å². The number of cyclic esters (lactones) is 1. The highest BCUT2D eigenvalue weighted by molar-refractivity contribution is 5.99. The number of fused-ring (bicyclic) bond motifs is 2. The molecule has 220 valence electrons. The Hall–Kier alpha value is -3.21. The first kappa shape index (κ1) is 31.3. The predicted molar refractivity (Wildman–Crippen MR) is 149 cm³/mol. The molecule has 0 bridgehead atoms. The molecule has 1 aromatic carbocycles. The van der Waals surface area contributed by atoms with E-state index >= 15 is 0 Å². The molecule has 10 heteroatoms. The van der Waals surface area contributed by atoms with E-state index in [-0.39, 0.29) is 29.8 Å². The average molecular weight is 560 g/mol. The van der Waals surface area contributed by atoms with Gasteiger partial charge in [0.2, 0.25) is 0 Å².